The summed E-state index contributed by atoms with van der Waals surface area (Å²) in [6, 6.07) is 8.31. The first-order valence-electron chi connectivity index (χ1n) is 7.48. The molecule has 4 heteroatoms. The first-order chi connectivity index (χ1) is 9.61. The summed E-state index contributed by atoms with van der Waals surface area (Å²) in [4.78, 5) is 2.44. The van der Waals surface area contributed by atoms with Gasteiger partial charge in [0, 0.05) is 30.3 Å². The minimum absolute atomic E-state index is 0.0637. The predicted octanol–water partition coefficient (Wildman–Crippen LogP) is 3.23. The molecule has 3 nitrogen and oxygen atoms in total. The lowest BCUT2D eigenvalue weighted by Gasteiger charge is -2.40. The molecule has 1 saturated heterocycles. The van der Waals surface area contributed by atoms with Gasteiger partial charge in [-0.05, 0) is 50.9 Å². The van der Waals surface area contributed by atoms with Crippen LogP contribution in [-0.2, 0) is 4.74 Å². The number of hydrogen-bond donors (Lipinski definition) is 1. The third kappa shape index (κ3) is 3.95. The van der Waals surface area contributed by atoms with Crippen molar-refractivity contribution >= 4 is 11.6 Å². The molecule has 3 unspecified atom stereocenters. The van der Waals surface area contributed by atoms with Crippen molar-refractivity contribution in [2.45, 2.75) is 44.9 Å². The molecular weight excluding hydrogens is 272 g/mol. The summed E-state index contributed by atoms with van der Waals surface area (Å²) in [5.74, 6) is 0. The van der Waals surface area contributed by atoms with Crippen molar-refractivity contribution in [3.63, 3.8) is 0 Å². The van der Waals surface area contributed by atoms with Gasteiger partial charge in [-0.2, -0.15) is 0 Å². The van der Waals surface area contributed by atoms with Gasteiger partial charge in [0.1, 0.15) is 0 Å². The lowest BCUT2D eigenvalue weighted by molar-refractivity contribution is -0.0106. The number of nitrogens with two attached hydrogens (primary N) is 1. The van der Waals surface area contributed by atoms with Crippen molar-refractivity contribution in [2.75, 3.05) is 19.7 Å². The standard InChI is InChI=1S/C16H25ClN2O/c1-3-20-15-8-5-9-19(11-15)16(12(2)18)13-6-4-7-14(17)10-13/h4,6-7,10,12,15-16H,3,5,8-9,11,18H2,1-2H3. The summed E-state index contributed by atoms with van der Waals surface area (Å²) >= 11 is 6.13. The van der Waals surface area contributed by atoms with E-state index in [1.165, 1.54) is 5.56 Å². The Labute approximate surface area is 127 Å². The van der Waals surface area contributed by atoms with Crippen molar-refractivity contribution in [3.8, 4) is 0 Å². The zero-order chi connectivity index (χ0) is 14.5. The van der Waals surface area contributed by atoms with E-state index < -0.39 is 0 Å². The summed E-state index contributed by atoms with van der Waals surface area (Å²) in [5, 5.41) is 0.770. The van der Waals surface area contributed by atoms with Crippen molar-refractivity contribution in [2.24, 2.45) is 5.73 Å². The molecule has 0 aliphatic carbocycles. The number of ether oxygens (including phenoxy) is 1. The topological polar surface area (TPSA) is 38.5 Å². The minimum atomic E-state index is 0.0637. The van der Waals surface area contributed by atoms with Gasteiger partial charge < -0.3 is 10.5 Å². The molecule has 0 bridgehead atoms. The van der Waals surface area contributed by atoms with Crippen LogP contribution in [0.25, 0.3) is 0 Å². The first kappa shape index (κ1) is 15.8. The monoisotopic (exact) mass is 296 g/mol. The van der Waals surface area contributed by atoms with Crippen LogP contribution < -0.4 is 5.73 Å². The average molecular weight is 297 g/mol. The Bertz CT molecular complexity index is 423. The van der Waals surface area contributed by atoms with E-state index in [1.54, 1.807) is 0 Å². The third-order valence-electron chi connectivity index (χ3n) is 3.89. The number of rotatable bonds is 5. The SMILES string of the molecule is CCOC1CCCN(C(c2cccc(Cl)c2)C(C)N)C1. The molecule has 3 atom stereocenters. The van der Waals surface area contributed by atoms with Crippen LogP contribution in [0, 0.1) is 0 Å². The second-order valence-corrected chi connectivity index (χ2v) is 6.01. The highest BCUT2D eigenvalue weighted by molar-refractivity contribution is 6.30. The predicted molar refractivity (Wildman–Crippen MR) is 84.1 cm³/mol. The molecule has 1 aromatic rings. The van der Waals surface area contributed by atoms with Crippen LogP contribution in [0.2, 0.25) is 5.02 Å². The Kier molecular flexibility index (Phi) is 5.85. The number of halogens is 1. The van der Waals surface area contributed by atoms with Crippen LogP contribution >= 0.6 is 11.6 Å². The first-order valence-corrected chi connectivity index (χ1v) is 7.86. The molecule has 0 saturated carbocycles. The lowest BCUT2D eigenvalue weighted by atomic mass is 9.96. The summed E-state index contributed by atoms with van der Waals surface area (Å²) in [7, 11) is 0. The number of nitrogens with zero attached hydrogens (tertiary/aromatic N) is 1. The van der Waals surface area contributed by atoms with E-state index in [0.29, 0.717) is 6.10 Å². The van der Waals surface area contributed by atoms with E-state index in [2.05, 4.69) is 24.8 Å². The highest BCUT2D eigenvalue weighted by atomic mass is 35.5. The van der Waals surface area contributed by atoms with Crippen LogP contribution in [0.4, 0.5) is 0 Å². The van der Waals surface area contributed by atoms with Crippen LogP contribution in [0.3, 0.4) is 0 Å². The summed E-state index contributed by atoms with van der Waals surface area (Å²) < 4.78 is 5.79. The quantitative estimate of drug-likeness (QED) is 0.906. The molecular formula is C16H25ClN2O. The van der Waals surface area contributed by atoms with Crippen LogP contribution in [0.5, 0.6) is 0 Å². The van der Waals surface area contributed by atoms with Gasteiger partial charge in [-0.25, -0.2) is 0 Å². The van der Waals surface area contributed by atoms with E-state index in [1.807, 2.05) is 18.2 Å². The molecule has 0 amide bonds. The maximum Gasteiger partial charge on any atom is 0.0702 e. The summed E-state index contributed by atoms with van der Waals surface area (Å²) in [5.41, 5.74) is 7.44. The van der Waals surface area contributed by atoms with Gasteiger partial charge in [0.2, 0.25) is 0 Å². The van der Waals surface area contributed by atoms with Crippen molar-refractivity contribution in [3.05, 3.63) is 34.9 Å². The molecule has 2 N–H and O–H groups in total. The average Bonchev–Trinajstić information content (AvgIpc) is 2.39. The van der Waals surface area contributed by atoms with E-state index in [4.69, 9.17) is 22.1 Å². The molecule has 0 radical (unpaired) electrons. The van der Waals surface area contributed by atoms with Crippen molar-refractivity contribution < 1.29 is 4.74 Å². The molecule has 112 valence electrons. The molecule has 1 aliphatic rings. The fourth-order valence-electron chi connectivity index (χ4n) is 3.13. The van der Waals surface area contributed by atoms with Crippen LogP contribution in [-0.4, -0.2) is 36.7 Å². The Balaban J connectivity index is 2.16. The second-order valence-electron chi connectivity index (χ2n) is 5.57. The molecule has 0 spiro atoms. The molecule has 2 rings (SSSR count). The fourth-order valence-corrected chi connectivity index (χ4v) is 3.33. The number of hydrogen-bond acceptors (Lipinski definition) is 3. The van der Waals surface area contributed by atoms with E-state index in [0.717, 1.165) is 37.6 Å². The van der Waals surface area contributed by atoms with Gasteiger partial charge in [-0.15, -0.1) is 0 Å². The zero-order valence-corrected chi connectivity index (χ0v) is 13.1. The molecule has 0 aromatic heterocycles. The molecule has 1 aromatic carbocycles. The molecule has 1 fully saturated rings. The van der Waals surface area contributed by atoms with Crippen molar-refractivity contribution in [1.29, 1.82) is 0 Å². The normalized spacial score (nSPS) is 23.5. The maximum atomic E-state index is 6.24. The number of piperidine rings is 1. The van der Waals surface area contributed by atoms with Crippen molar-refractivity contribution in [1.82, 2.24) is 4.90 Å². The number of benzene rings is 1. The lowest BCUT2D eigenvalue weighted by Crippen LogP contribution is -2.46. The van der Waals surface area contributed by atoms with E-state index in [-0.39, 0.29) is 12.1 Å². The summed E-state index contributed by atoms with van der Waals surface area (Å²) in [6.07, 6.45) is 2.63. The Morgan fingerprint density at radius 1 is 1.50 bits per heavy atom. The summed E-state index contributed by atoms with van der Waals surface area (Å²) in [6.45, 7) is 6.92. The van der Waals surface area contributed by atoms with Gasteiger partial charge in [-0.1, -0.05) is 23.7 Å². The Morgan fingerprint density at radius 2 is 2.30 bits per heavy atom. The zero-order valence-electron chi connectivity index (χ0n) is 12.4. The van der Waals surface area contributed by atoms with Gasteiger partial charge in [0.25, 0.3) is 0 Å². The molecule has 1 aliphatic heterocycles. The molecule has 1 heterocycles. The largest absolute Gasteiger partial charge is 0.377 e. The number of likely N-dealkylation sites (tertiary alicyclic amines) is 1. The Morgan fingerprint density at radius 3 is 2.95 bits per heavy atom. The molecule has 20 heavy (non-hydrogen) atoms. The van der Waals surface area contributed by atoms with E-state index >= 15 is 0 Å². The van der Waals surface area contributed by atoms with E-state index in [9.17, 15) is 0 Å². The Hall–Kier alpha value is -0.610. The van der Waals surface area contributed by atoms with Gasteiger partial charge in [-0.3, -0.25) is 4.90 Å². The van der Waals surface area contributed by atoms with Crippen LogP contribution in [0.1, 0.15) is 38.3 Å². The van der Waals surface area contributed by atoms with Gasteiger partial charge in [0.05, 0.1) is 6.10 Å². The fraction of sp³-hybridized carbons (Fsp3) is 0.625. The van der Waals surface area contributed by atoms with Crippen LogP contribution in [0.15, 0.2) is 24.3 Å². The highest BCUT2D eigenvalue weighted by Gasteiger charge is 2.29. The second kappa shape index (κ2) is 7.41. The smallest absolute Gasteiger partial charge is 0.0702 e. The minimum Gasteiger partial charge on any atom is -0.377 e. The van der Waals surface area contributed by atoms with Gasteiger partial charge >= 0.3 is 0 Å². The maximum absolute atomic E-state index is 6.24. The van der Waals surface area contributed by atoms with Gasteiger partial charge in [0.15, 0.2) is 0 Å². The highest BCUT2D eigenvalue weighted by Crippen LogP contribution is 2.29. The third-order valence-corrected chi connectivity index (χ3v) is 4.13.